The number of H-pyrrole nitrogens is 1. The number of benzene rings is 1. The van der Waals surface area contributed by atoms with Gasteiger partial charge in [-0.25, -0.2) is 4.98 Å². The number of likely N-dealkylation sites (N-methyl/N-ethyl adjacent to an activating group) is 1. The monoisotopic (exact) mass is 262 g/mol. The molecule has 6 heteroatoms. The fraction of sp³-hybridized carbons (Fsp3) is 0.385. The van der Waals surface area contributed by atoms with Gasteiger partial charge in [0.1, 0.15) is 11.9 Å². The molecule has 0 fully saturated rings. The molecule has 6 nitrogen and oxygen atoms in total. The molecule has 0 saturated carbocycles. The molecule has 1 aromatic carbocycles. The summed E-state index contributed by atoms with van der Waals surface area (Å²) in [5, 5.41) is 14.8. The SMILES string of the molecule is CNC(CNCc1ccc2nc(C)[nH]c2c1)C(=O)O. The Kier molecular flexibility index (Phi) is 4.13. The van der Waals surface area contributed by atoms with E-state index < -0.39 is 12.0 Å². The Hall–Kier alpha value is -1.92. The molecule has 1 aromatic heterocycles. The number of hydrogen-bond acceptors (Lipinski definition) is 4. The molecule has 2 aromatic rings. The van der Waals surface area contributed by atoms with Crippen LogP contribution in [0.4, 0.5) is 0 Å². The molecule has 0 aliphatic rings. The number of nitrogens with one attached hydrogen (secondary N) is 3. The van der Waals surface area contributed by atoms with Crippen molar-refractivity contribution in [3.05, 3.63) is 29.6 Å². The third-order valence-electron chi connectivity index (χ3n) is 2.99. The van der Waals surface area contributed by atoms with E-state index in [9.17, 15) is 4.79 Å². The molecule has 0 spiro atoms. The number of aryl methyl sites for hydroxylation is 1. The topological polar surface area (TPSA) is 90.0 Å². The van der Waals surface area contributed by atoms with Gasteiger partial charge < -0.3 is 20.7 Å². The summed E-state index contributed by atoms with van der Waals surface area (Å²) in [4.78, 5) is 18.4. The normalized spacial score (nSPS) is 12.7. The number of aliphatic carboxylic acids is 1. The summed E-state index contributed by atoms with van der Waals surface area (Å²) in [6.07, 6.45) is 0. The highest BCUT2D eigenvalue weighted by molar-refractivity contribution is 5.76. The van der Waals surface area contributed by atoms with Gasteiger partial charge in [0.2, 0.25) is 0 Å². The number of carboxylic acid groups (broad SMARTS) is 1. The number of hydrogen-bond donors (Lipinski definition) is 4. The lowest BCUT2D eigenvalue weighted by Crippen LogP contribution is -2.42. The van der Waals surface area contributed by atoms with Crippen molar-refractivity contribution in [2.45, 2.75) is 19.5 Å². The summed E-state index contributed by atoms with van der Waals surface area (Å²) >= 11 is 0. The molecule has 0 aliphatic carbocycles. The predicted octanol–water partition coefficient (Wildman–Crippen LogP) is 0.634. The quantitative estimate of drug-likeness (QED) is 0.613. The molecule has 1 heterocycles. The molecule has 0 aliphatic heterocycles. The van der Waals surface area contributed by atoms with Crippen molar-refractivity contribution in [3.8, 4) is 0 Å². The first-order valence-electron chi connectivity index (χ1n) is 6.16. The highest BCUT2D eigenvalue weighted by Gasteiger charge is 2.13. The number of aromatic amines is 1. The molecule has 4 N–H and O–H groups in total. The summed E-state index contributed by atoms with van der Waals surface area (Å²) in [5.74, 6) is 0.0379. The van der Waals surface area contributed by atoms with Crippen molar-refractivity contribution in [2.75, 3.05) is 13.6 Å². The van der Waals surface area contributed by atoms with Crippen molar-refractivity contribution in [2.24, 2.45) is 0 Å². The summed E-state index contributed by atoms with van der Waals surface area (Å²) in [7, 11) is 1.64. The first-order chi connectivity index (χ1) is 9.10. The van der Waals surface area contributed by atoms with Crippen LogP contribution in [0, 0.1) is 6.92 Å². The zero-order valence-corrected chi connectivity index (χ0v) is 11.0. The predicted molar refractivity (Wildman–Crippen MR) is 73.0 cm³/mol. The van der Waals surface area contributed by atoms with Crippen LogP contribution in [0.3, 0.4) is 0 Å². The maximum Gasteiger partial charge on any atom is 0.322 e. The van der Waals surface area contributed by atoms with Crippen LogP contribution in [-0.4, -0.2) is 40.7 Å². The van der Waals surface area contributed by atoms with E-state index in [0.717, 1.165) is 22.4 Å². The van der Waals surface area contributed by atoms with Crippen LogP contribution in [-0.2, 0) is 11.3 Å². The third-order valence-corrected chi connectivity index (χ3v) is 2.99. The molecular formula is C13H18N4O2. The smallest absolute Gasteiger partial charge is 0.322 e. The minimum Gasteiger partial charge on any atom is -0.480 e. The van der Waals surface area contributed by atoms with Crippen molar-refractivity contribution < 1.29 is 9.90 Å². The second-order valence-corrected chi connectivity index (χ2v) is 4.48. The minimum atomic E-state index is -0.852. The molecule has 0 saturated heterocycles. The molecule has 0 amide bonds. The van der Waals surface area contributed by atoms with E-state index >= 15 is 0 Å². The van der Waals surface area contributed by atoms with E-state index in [2.05, 4.69) is 20.6 Å². The Morgan fingerprint density at radius 3 is 3.00 bits per heavy atom. The van der Waals surface area contributed by atoms with Gasteiger partial charge in [0.05, 0.1) is 11.0 Å². The zero-order chi connectivity index (χ0) is 13.8. The van der Waals surface area contributed by atoms with Crippen molar-refractivity contribution in [1.82, 2.24) is 20.6 Å². The van der Waals surface area contributed by atoms with E-state index in [0.29, 0.717) is 13.1 Å². The van der Waals surface area contributed by atoms with Gasteiger partial charge in [-0.15, -0.1) is 0 Å². The van der Waals surface area contributed by atoms with Gasteiger partial charge in [0.15, 0.2) is 0 Å². The van der Waals surface area contributed by atoms with Crippen LogP contribution in [0.5, 0.6) is 0 Å². The fourth-order valence-corrected chi connectivity index (χ4v) is 1.97. The van der Waals surface area contributed by atoms with Crippen LogP contribution in [0.25, 0.3) is 11.0 Å². The lowest BCUT2D eigenvalue weighted by Gasteiger charge is -2.12. The fourth-order valence-electron chi connectivity index (χ4n) is 1.97. The summed E-state index contributed by atoms with van der Waals surface area (Å²) in [6.45, 7) is 2.92. The first kappa shape index (κ1) is 13.5. The molecule has 0 radical (unpaired) electrons. The van der Waals surface area contributed by atoms with E-state index in [-0.39, 0.29) is 0 Å². The van der Waals surface area contributed by atoms with Gasteiger partial charge >= 0.3 is 5.97 Å². The average molecular weight is 262 g/mol. The third kappa shape index (κ3) is 3.30. The molecule has 19 heavy (non-hydrogen) atoms. The highest BCUT2D eigenvalue weighted by atomic mass is 16.4. The Balaban J connectivity index is 1.96. The lowest BCUT2D eigenvalue weighted by atomic mass is 10.2. The molecule has 1 unspecified atom stereocenters. The van der Waals surface area contributed by atoms with Crippen LogP contribution in [0.2, 0.25) is 0 Å². The first-order valence-corrected chi connectivity index (χ1v) is 6.16. The average Bonchev–Trinajstić information content (AvgIpc) is 2.73. The molecule has 102 valence electrons. The van der Waals surface area contributed by atoms with Gasteiger partial charge in [-0.2, -0.15) is 0 Å². The number of carbonyl (C=O) groups is 1. The Labute approximate surface area is 111 Å². The second kappa shape index (κ2) is 5.81. The number of nitrogens with zero attached hydrogens (tertiary/aromatic N) is 1. The van der Waals surface area contributed by atoms with E-state index in [1.165, 1.54) is 0 Å². The highest BCUT2D eigenvalue weighted by Crippen LogP contribution is 2.13. The Morgan fingerprint density at radius 1 is 1.53 bits per heavy atom. The number of aromatic nitrogens is 2. The standard InChI is InChI=1S/C13H18N4O2/c1-8-16-10-4-3-9(5-11(10)17-8)6-15-7-12(14-2)13(18)19/h3-5,12,14-15H,6-7H2,1-2H3,(H,16,17)(H,18,19). The van der Waals surface area contributed by atoms with Crippen LogP contribution in [0.1, 0.15) is 11.4 Å². The van der Waals surface area contributed by atoms with Crippen molar-refractivity contribution in [3.63, 3.8) is 0 Å². The summed E-state index contributed by atoms with van der Waals surface area (Å²) in [6, 6.07) is 5.41. The number of fused-ring (bicyclic) bond motifs is 1. The van der Waals surface area contributed by atoms with Gasteiger partial charge in [-0.05, 0) is 31.7 Å². The van der Waals surface area contributed by atoms with Gasteiger partial charge in [0.25, 0.3) is 0 Å². The molecule has 2 rings (SSSR count). The van der Waals surface area contributed by atoms with Crippen LogP contribution >= 0.6 is 0 Å². The van der Waals surface area contributed by atoms with E-state index in [1.54, 1.807) is 7.05 Å². The second-order valence-electron chi connectivity index (χ2n) is 4.48. The van der Waals surface area contributed by atoms with Gasteiger partial charge in [0, 0.05) is 13.1 Å². The maximum absolute atomic E-state index is 10.8. The number of rotatable bonds is 6. The molecular weight excluding hydrogens is 244 g/mol. The lowest BCUT2D eigenvalue weighted by molar-refractivity contribution is -0.139. The Bertz CT molecular complexity index is 579. The Morgan fingerprint density at radius 2 is 2.32 bits per heavy atom. The number of imidazole rings is 1. The van der Waals surface area contributed by atoms with Gasteiger partial charge in [-0.3, -0.25) is 4.79 Å². The number of carboxylic acids is 1. The summed E-state index contributed by atoms with van der Waals surface area (Å²) < 4.78 is 0. The van der Waals surface area contributed by atoms with E-state index in [1.807, 2.05) is 25.1 Å². The molecule has 1 atom stereocenters. The van der Waals surface area contributed by atoms with Gasteiger partial charge in [-0.1, -0.05) is 6.07 Å². The van der Waals surface area contributed by atoms with E-state index in [4.69, 9.17) is 5.11 Å². The molecule has 0 bridgehead atoms. The zero-order valence-electron chi connectivity index (χ0n) is 11.0. The maximum atomic E-state index is 10.8. The van der Waals surface area contributed by atoms with Crippen LogP contribution < -0.4 is 10.6 Å². The largest absolute Gasteiger partial charge is 0.480 e. The van der Waals surface area contributed by atoms with Crippen LogP contribution in [0.15, 0.2) is 18.2 Å². The van der Waals surface area contributed by atoms with Crippen molar-refractivity contribution >= 4 is 17.0 Å². The summed E-state index contributed by atoms with van der Waals surface area (Å²) in [5.41, 5.74) is 3.04. The van der Waals surface area contributed by atoms with Crippen molar-refractivity contribution in [1.29, 1.82) is 0 Å². The minimum absolute atomic E-state index is 0.381.